The lowest BCUT2D eigenvalue weighted by Crippen LogP contribution is -2.45. The Bertz CT molecular complexity index is 462. The van der Waals surface area contributed by atoms with Crippen molar-refractivity contribution in [1.29, 1.82) is 0 Å². The Morgan fingerprint density at radius 3 is 2.43 bits per heavy atom. The van der Waals surface area contributed by atoms with Crippen LogP contribution in [0.2, 0.25) is 0 Å². The number of rotatable bonds is 3. The molecule has 0 aromatic carbocycles. The van der Waals surface area contributed by atoms with E-state index in [0.29, 0.717) is 25.7 Å². The highest BCUT2D eigenvalue weighted by Gasteiger charge is 2.34. The second-order valence-electron chi connectivity index (χ2n) is 5.77. The first-order valence-electron chi connectivity index (χ1n) is 7.40. The Labute approximate surface area is 126 Å². The van der Waals surface area contributed by atoms with E-state index in [-0.39, 0.29) is 18.4 Å². The minimum Gasteiger partial charge on any atom is -0.381 e. The fraction of sp³-hybridized carbons (Fsp3) is 0.923. The second-order valence-corrected chi connectivity index (χ2v) is 7.75. The molecule has 21 heavy (non-hydrogen) atoms. The van der Waals surface area contributed by atoms with Crippen LogP contribution < -0.4 is 5.32 Å². The maximum atomic E-state index is 12.0. The van der Waals surface area contributed by atoms with Gasteiger partial charge >= 0.3 is 0 Å². The van der Waals surface area contributed by atoms with Crippen molar-refractivity contribution in [1.82, 2.24) is 14.5 Å². The van der Waals surface area contributed by atoms with Crippen LogP contribution in [0.4, 0.5) is 0 Å². The van der Waals surface area contributed by atoms with E-state index in [2.05, 4.69) is 10.2 Å². The van der Waals surface area contributed by atoms with E-state index in [1.807, 2.05) is 0 Å². The van der Waals surface area contributed by atoms with Gasteiger partial charge < -0.3 is 10.1 Å². The number of sulfonamides is 1. The van der Waals surface area contributed by atoms with Gasteiger partial charge in [-0.25, -0.2) is 12.7 Å². The Morgan fingerprint density at radius 1 is 1.19 bits per heavy atom. The van der Waals surface area contributed by atoms with Crippen LogP contribution in [0.3, 0.4) is 0 Å². The molecular formula is C13H25N3O4S. The van der Waals surface area contributed by atoms with E-state index in [4.69, 9.17) is 4.74 Å². The number of nitrogens with zero attached hydrogens (tertiary/aromatic N) is 2. The first kappa shape index (κ1) is 16.7. The highest BCUT2D eigenvalue weighted by atomic mass is 32.2. The third-order valence-corrected chi connectivity index (χ3v) is 5.58. The summed E-state index contributed by atoms with van der Waals surface area (Å²) in [6.07, 6.45) is 3.09. The molecule has 7 nitrogen and oxygen atoms in total. The smallest absolute Gasteiger partial charge is 0.225 e. The summed E-state index contributed by atoms with van der Waals surface area (Å²) in [5, 5.41) is 2.65. The van der Waals surface area contributed by atoms with Crippen molar-refractivity contribution in [2.45, 2.75) is 18.9 Å². The van der Waals surface area contributed by atoms with Crippen molar-refractivity contribution < 1.29 is 17.9 Å². The van der Waals surface area contributed by atoms with Crippen molar-refractivity contribution >= 4 is 15.9 Å². The summed E-state index contributed by atoms with van der Waals surface area (Å²) in [4.78, 5) is 14.3. The molecule has 0 saturated carbocycles. The third-order valence-electron chi connectivity index (χ3n) is 4.31. The predicted octanol–water partition coefficient (Wildman–Crippen LogP) is -0.895. The largest absolute Gasteiger partial charge is 0.381 e. The van der Waals surface area contributed by atoms with E-state index >= 15 is 0 Å². The van der Waals surface area contributed by atoms with Crippen molar-refractivity contribution in [2.24, 2.45) is 5.92 Å². The molecule has 2 rings (SSSR count). The highest BCUT2D eigenvalue weighted by molar-refractivity contribution is 7.88. The zero-order chi connectivity index (χ0) is 15.5. The summed E-state index contributed by atoms with van der Waals surface area (Å²) in [6, 6.07) is 0.380. The van der Waals surface area contributed by atoms with Gasteiger partial charge in [-0.05, 0) is 12.8 Å². The highest BCUT2D eigenvalue weighted by Crippen LogP contribution is 2.20. The molecule has 1 atom stereocenters. The SMILES string of the molecule is CNC(=O)[C@H]1CN(C2CCOCC2)CCN(S(C)(=O)=O)C1. The summed E-state index contributed by atoms with van der Waals surface area (Å²) in [7, 11) is -1.68. The number of hydrogen-bond acceptors (Lipinski definition) is 5. The van der Waals surface area contributed by atoms with Crippen molar-refractivity contribution in [2.75, 3.05) is 52.7 Å². The second kappa shape index (κ2) is 7.04. The van der Waals surface area contributed by atoms with Gasteiger partial charge in [0.2, 0.25) is 15.9 Å². The van der Waals surface area contributed by atoms with Gasteiger partial charge in [0.15, 0.2) is 0 Å². The minimum atomic E-state index is -3.28. The predicted molar refractivity (Wildman–Crippen MR) is 79.4 cm³/mol. The Morgan fingerprint density at radius 2 is 1.86 bits per heavy atom. The van der Waals surface area contributed by atoms with Gasteiger partial charge in [-0.2, -0.15) is 0 Å². The maximum absolute atomic E-state index is 12.0. The standard InChI is InChI=1S/C13H25N3O4S/c1-14-13(17)11-9-15(12-3-7-20-8-4-12)5-6-16(10-11)21(2,18)19/h11-12H,3-10H2,1-2H3,(H,14,17)/t11-/m0/s1. The Hall–Kier alpha value is -0.700. The molecular weight excluding hydrogens is 294 g/mol. The number of ether oxygens (including phenoxy) is 1. The van der Waals surface area contributed by atoms with Gasteiger partial charge in [-0.1, -0.05) is 0 Å². The molecule has 2 aliphatic rings. The van der Waals surface area contributed by atoms with E-state index in [0.717, 1.165) is 26.1 Å². The molecule has 0 radical (unpaired) electrons. The van der Waals surface area contributed by atoms with Crippen LogP contribution in [0, 0.1) is 5.92 Å². The molecule has 1 amide bonds. The summed E-state index contributed by atoms with van der Waals surface area (Å²) >= 11 is 0. The number of carbonyl (C=O) groups excluding carboxylic acids is 1. The quantitative estimate of drug-likeness (QED) is 0.730. The number of hydrogen-bond donors (Lipinski definition) is 1. The lowest BCUT2D eigenvalue weighted by atomic mass is 10.0. The van der Waals surface area contributed by atoms with Crippen LogP contribution in [0.25, 0.3) is 0 Å². The lowest BCUT2D eigenvalue weighted by Gasteiger charge is -2.34. The molecule has 0 aromatic rings. The van der Waals surface area contributed by atoms with Gasteiger partial charge in [0, 0.05) is 52.5 Å². The maximum Gasteiger partial charge on any atom is 0.225 e. The fourth-order valence-electron chi connectivity index (χ4n) is 3.06. The Kier molecular flexibility index (Phi) is 5.59. The zero-order valence-electron chi connectivity index (χ0n) is 12.7. The molecule has 0 aromatic heterocycles. The molecule has 0 bridgehead atoms. The van der Waals surface area contributed by atoms with E-state index in [1.165, 1.54) is 10.6 Å². The molecule has 0 unspecified atom stereocenters. The molecule has 2 fully saturated rings. The van der Waals surface area contributed by atoms with Crippen LogP contribution in [-0.4, -0.2) is 82.3 Å². The van der Waals surface area contributed by atoms with Crippen LogP contribution in [0.5, 0.6) is 0 Å². The van der Waals surface area contributed by atoms with E-state index < -0.39 is 10.0 Å². The summed E-state index contributed by atoms with van der Waals surface area (Å²) in [6.45, 7) is 3.46. The van der Waals surface area contributed by atoms with E-state index in [1.54, 1.807) is 7.05 Å². The molecule has 1 N–H and O–H groups in total. The molecule has 122 valence electrons. The number of carbonyl (C=O) groups is 1. The van der Waals surface area contributed by atoms with Crippen LogP contribution in [0.1, 0.15) is 12.8 Å². The number of amides is 1. The van der Waals surface area contributed by atoms with Gasteiger partial charge in [-0.15, -0.1) is 0 Å². The third kappa shape index (κ3) is 4.38. The van der Waals surface area contributed by atoms with Crippen LogP contribution >= 0.6 is 0 Å². The van der Waals surface area contributed by atoms with Crippen LogP contribution in [-0.2, 0) is 19.6 Å². The normalized spacial score (nSPS) is 27.2. The van der Waals surface area contributed by atoms with E-state index in [9.17, 15) is 13.2 Å². The van der Waals surface area contributed by atoms with Crippen LogP contribution in [0.15, 0.2) is 0 Å². The molecule has 2 saturated heterocycles. The first-order chi connectivity index (χ1) is 9.91. The summed E-state index contributed by atoms with van der Waals surface area (Å²) < 4.78 is 30.5. The molecule has 0 spiro atoms. The average Bonchev–Trinajstić information content (AvgIpc) is 2.70. The molecule has 8 heteroatoms. The minimum absolute atomic E-state index is 0.0948. The monoisotopic (exact) mass is 319 g/mol. The summed E-state index contributed by atoms with van der Waals surface area (Å²) in [5.74, 6) is -0.419. The fourth-order valence-corrected chi connectivity index (χ4v) is 3.93. The zero-order valence-corrected chi connectivity index (χ0v) is 13.6. The van der Waals surface area contributed by atoms with Crippen molar-refractivity contribution in [3.63, 3.8) is 0 Å². The number of nitrogens with one attached hydrogen (secondary N) is 1. The summed E-state index contributed by atoms with van der Waals surface area (Å²) in [5.41, 5.74) is 0. The Balaban J connectivity index is 2.12. The van der Waals surface area contributed by atoms with Crippen molar-refractivity contribution in [3.05, 3.63) is 0 Å². The topological polar surface area (TPSA) is 79.0 Å². The lowest BCUT2D eigenvalue weighted by molar-refractivity contribution is -0.125. The molecule has 0 aliphatic carbocycles. The van der Waals surface area contributed by atoms with Gasteiger partial charge in [0.1, 0.15) is 0 Å². The average molecular weight is 319 g/mol. The molecule has 2 aliphatic heterocycles. The molecule has 2 heterocycles. The van der Waals surface area contributed by atoms with Gasteiger partial charge in [0.25, 0.3) is 0 Å². The van der Waals surface area contributed by atoms with Gasteiger partial charge in [0.05, 0.1) is 12.2 Å². The van der Waals surface area contributed by atoms with Gasteiger partial charge in [-0.3, -0.25) is 9.69 Å². The first-order valence-corrected chi connectivity index (χ1v) is 9.25. The van der Waals surface area contributed by atoms with Crippen molar-refractivity contribution in [3.8, 4) is 0 Å².